The molecular weight excluding hydrogens is 219 g/mol. The van der Waals surface area contributed by atoms with Crippen LogP contribution >= 0.6 is 0 Å². The zero-order valence-electron chi connectivity index (χ0n) is 8.84. The summed E-state index contributed by atoms with van der Waals surface area (Å²) in [5.74, 6) is -0.304. The van der Waals surface area contributed by atoms with Gasteiger partial charge in [0.05, 0.1) is 23.8 Å². The number of halogens is 1. The molecule has 17 heavy (non-hydrogen) atoms. The van der Waals surface area contributed by atoms with E-state index in [0.717, 1.165) is 5.39 Å². The van der Waals surface area contributed by atoms with Gasteiger partial charge in [0.2, 0.25) is 0 Å². The molecule has 0 aliphatic rings. The van der Waals surface area contributed by atoms with Crippen molar-refractivity contribution in [3.63, 3.8) is 0 Å². The Bertz CT molecular complexity index is 690. The van der Waals surface area contributed by atoms with Gasteiger partial charge >= 0.3 is 0 Å². The summed E-state index contributed by atoms with van der Waals surface area (Å²) in [6.45, 7) is 0. The third kappa shape index (κ3) is 1.61. The number of nitrogen functional groups attached to an aromatic ring is 1. The highest BCUT2D eigenvalue weighted by atomic mass is 19.1. The van der Waals surface area contributed by atoms with Gasteiger partial charge in [-0.2, -0.15) is 5.10 Å². The van der Waals surface area contributed by atoms with Crippen LogP contribution in [0.3, 0.4) is 0 Å². The average molecular weight is 228 g/mol. The molecule has 84 valence electrons. The van der Waals surface area contributed by atoms with E-state index >= 15 is 0 Å². The van der Waals surface area contributed by atoms with Crippen molar-refractivity contribution in [1.29, 1.82) is 0 Å². The van der Waals surface area contributed by atoms with Crippen LogP contribution in [0.4, 0.5) is 10.1 Å². The summed E-state index contributed by atoms with van der Waals surface area (Å²) in [4.78, 5) is 4.20. The lowest BCUT2D eigenvalue weighted by Crippen LogP contribution is -1.98. The van der Waals surface area contributed by atoms with Gasteiger partial charge in [-0.25, -0.2) is 14.1 Å². The van der Waals surface area contributed by atoms with Gasteiger partial charge < -0.3 is 5.73 Å². The van der Waals surface area contributed by atoms with Crippen molar-refractivity contribution in [3.05, 3.63) is 48.5 Å². The van der Waals surface area contributed by atoms with Crippen LogP contribution in [-0.2, 0) is 0 Å². The number of nitrogens with zero attached hydrogens (tertiary/aromatic N) is 3. The predicted octanol–water partition coefficient (Wildman–Crippen LogP) is 2.14. The van der Waals surface area contributed by atoms with Crippen LogP contribution in [0.2, 0.25) is 0 Å². The Morgan fingerprint density at radius 1 is 1.18 bits per heavy atom. The molecule has 0 unspecified atom stereocenters. The Kier molecular flexibility index (Phi) is 2.04. The summed E-state index contributed by atoms with van der Waals surface area (Å²) < 4.78 is 14.7. The van der Waals surface area contributed by atoms with Crippen LogP contribution in [0.5, 0.6) is 0 Å². The molecule has 0 atom stereocenters. The smallest absolute Gasteiger partial charge is 0.163 e. The maximum absolute atomic E-state index is 13.1. The van der Waals surface area contributed by atoms with E-state index < -0.39 is 0 Å². The molecule has 0 saturated carbocycles. The predicted molar refractivity (Wildman–Crippen MR) is 63.2 cm³/mol. The van der Waals surface area contributed by atoms with Crippen molar-refractivity contribution in [2.24, 2.45) is 0 Å². The molecule has 5 heteroatoms. The highest BCUT2D eigenvalue weighted by molar-refractivity contribution is 5.79. The monoisotopic (exact) mass is 228 g/mol. The van der Waals surface area contributed by atoms with E-state index in [1.54, 1.807) is 35.3 Å². The van der Waals surface area contributed by atoms with E-state index in [2.05, 4.69) is 10.1 Å². The Labute approximate surface area is 96.5 Å². The molecular formula is C12H9FN4. The summed E-state index contributed by atoms with van der Waals surface area (Å²) in [7, 11) is 0. The first-order chi connectivity index (χ1) is 8.24. The largest absolute Gasteiger partial charge is 0.397 e. The molecule has 3 aromatic rings. The maximum atomic E-state index is 13.1. The number of hydrogen-bond donors (Lipinski definition) is 1. The molecule has 0 amide bonds. The summed E-state index contributed by atoms with van der Waals surface area (Å²) >= 11 is 0. The lowest BCUT2D eigenvalue weighted by Gasteiger charge is -2.02. The van der Waals surface area contributed by atoms with E-state index in [1.165, 1.54) is 12.1 Å². The van der Waals surface area contributed by atoms with E-state index in [-0.39, 0.29) is 5.82 Å². The standard InChI is InChI=1S/C12H9FN4/c13-9-2-1-3-11(5-9)17-12-8(6-16-17)4-10(14)7-15-12/h1-7H,14H2. The summed E-state index contributed by atoms with van der Waals surface area (Å²) in [5, 5.41) is 5.01. The molecule has 0 saturated heterocycles. The van der Waals surface area contributed by atoms with Crippen molar-refractivity contribution in [2.45, 2.75) is 0 Å². The molecule has 3 rings (SSSR count). The van der Waals surface area contributed by atoms with Crippen LogP contribution < -0.4 is 5.73 Å². The van der Waals surface area contributed by atoms with Crippen LogP contribution in [-0.4, -0.2) is 14.8 Å². The van der Waals surface area contributed by atoms with Gasteiger partial charge in [-0.1, -0.05) is 6.07 Å². The molecule has 0 spiro atoms. The van der Waals surface area contributed by atoms with E-state index in [0.29, 0.717) is 17.0 Å². The van der Waals surface area contributed by atoms with Crippen molar-refractivity contribution < 1.29 is 4.39 Å². The van der Waals surface area contributed by atoms with Crippen LogP contribution in [0, 0.1) is 5.82 Å². The van der Waals surface area contributed by atoms with Crippen molar-refractivity contribution in [2.75, 3.05) is 5.73 Å². The second-order valence-corrected chi connectivity index (χ2v) is 3.72. The lowest BCUT2D eigenvalue weighted by atomic mass is 10.3. The third-order valence-electron chi connectivity index (χ3n) is 2.48. The van der Waals surface area contributed by atoms with Crippen LogP contribution in [0.25, 0.3) is 16.7 Å². The summed E-state index contributed by atoms with van der Waals surface area (Å²) in [6, 6.07) is 7.99. The zero-order chi connectivity index (χ0) is 11.8. The van der Waals surface area contributed by atoms with Gasteiger partial charge in [-0.05, 0) is 24.3 Å². The molecule has 2 heterocycles. The van der Waals surface area contributed by atoms with Gasteiger partial charge in [0.1, 0.15) is 5.82 Å². The lowest BCUT2D eigenvalue weighted by molar-refractivity contribution is 0.625. The van der Waals surface area contributed by atoms with Crippen molar-refractivity contribution >= 4 is 16.7 Å². The molecule has 0 radical (unpaired) electrons. The number of nitrogens with two attached hydrogens (primary N) is 1. The molecule has 4 nitrogen and oxygen atoms in total. The Morgan fingerprint density at radius 3 is 2.88 bits per heavy atom. The van der Waals surface area contributed by atoms with E-state index in [4.69, 9.17) is 5.73 Å². The maximum Gasteiger partial charge on any atom is 0.163 e. The summed E-state index contributed by atoms with van der Waals surface area (Å²) in [5.41, 5.74) is 7.51. The van der Waals surface area contributed by atoms with Gasteiger partial charge in [-0.3, -0.25) is 0 Å². The minimum atomic E-state index is -0.304. The second-order valence-electron chi connectivity index (χ2n) is 3.72. The normalized spacial score (nSPS) is 10.9. The summed E-state index contributed by atoms with van der Waals surface area (Å²) in [6.07, 6.45) is 3.21. The fraction of sp³-hybridized carbons (Fsp3) is 0. The van der Waals surface area contributed by atoms with Gasteiger partial charge in [-0.15, -0.1) is 0 Å². The fourth-order valence-electron chi connectivity index (χ4n) is 1.74. The molecule has 0 aliphatic carbocycles. The Hall–Kier alpha value is -2.43. The molecule has 0 aliphatic heterocycles. The molecule has 2 aromatic heterocycles. The molecule has 2 N–H and O–H groups in total. The highest BCUT2D eigenvalue weighted by Crippen LogP contribution is 2.18. The number of pyridine rings is 1. The van der Waals surface area contributed by atoms with Gasteiger partial charge in [0.25, 0.3) is 0 Å². The van der Waals surface area contributed by atoms with Crippen molar-refractivity contribution in [3.8, 4) is 5.69 Å². The van der Waals surface area contributed by atoms with E-state index in [9.17, 15) is 4.39 Å². The minimum absolute atomic E-state index is 0.304. The Balaban J connectivity index is 2.24. The number of hydrogen-bond acceptors (Lipinski definition) is 3. The van der Waals surface area contributed by atoms with Crippen molar-refractivity contribution in [1.82, 2.24) is 14.8 Å². The second kappa shape index (κ2) is 3.55. The minimum Gasteiger partial charge on any atom is -0.397 e. The Morgan fingerprint density at radius 2 is 2.06 bits per heavy atom. The average Bonchev–Trinajstić information content (AvgIpc) is 2.71. The molecule has 1 aromatic carbocycles. The molecule has 0 fully saturated rings. The number of anilines is 1. The first-order valence-electron chi connectivity index (χ1n) is 5.09. The molecule has 0 bridgehead atoms. The number of rotatable bonds is 1. The first kappa shape index (κ1) is 9.77. The van der Waals surface area contributed by atoms with Gasteiger partial charge in [0, 0.05) is 5.39 Å². The van der Waals surface area contributed by atoms with E-state index in [1.807, 2.05) is 0 Å². The fourth-order valence-corrected chi connectivity index (χ4v) is 1.74. The van der Waals surface area contributed by atoms with Gasteiger partial charge in [0.15, 0.2) is 5.65 Å². The van der Waals surface area contributed by atoms with Crippen LogP contribution in [0.15, 0.2) is 42.7 Å². The number of benzene rings is 1. The third-order valence-corrected chi connectivity index (χ3v) is 2.48. The number of fused-ring (bicyclic) bond motifs is 1. The van der Waals surface area contributed by atoms with Crippen LogP contribution in [0.1, 0.15) is 0 Å². The first-order valence-corrected chi connectivity index (χ1v) is 5.09. The number of aromatic nitrogens is 3. The zero-order valence-corrected chi connectivity index (χ0v) is 8.84. The topological polar surface area (TPSA) is 56.7 Å². The SMILES string of the molecule is Nc1cnc2c(cnn2-c2cccc(F)c2)c1. The quantitative estimate of drug-likeness (QED) is 0.694. The highest BCUT2D eigenvalue weighted by Gasteiger charge is 2.06.